The quantitative estimate of drug-likeness (QED) is 0.938. The molecule has 0 aromatic carbocycles. The fourth-order valence-electron chi connectivity index (χ4n) is 1.34. The van der Waals surface area contributed by atoms with Crippen LogP contribution in [0.25, 0.3) is 6.08 Å². The van der Waals surface area contributed by atoms with Gasteiger partial charge in [-0.15, -0.1) is 0 Å². The molecule has 2 rings (SSSR count). The number of halogens is 1. The molecule has 6 heteroatoms. The van der Waals surface area contributed by atoms with Crippen molar-refractivity contribution >= 4 is 28.4 Å². The van der Waals surface area contributed by atoms with Crippen LogP contribution in [0.15, 0.2) is 47.1 Å². The van der Waals surface area contributed by atoms with Gasteiger partial charge in [0.2, 0.25) is 0 Å². The average molecular weight is 294 g/mol. The van der Waals surface area contributed by atoms with Crippen molar-refractivity contribution in [2.75, 3.05) is 7.11 Å². The van der Waals surface area contributed by atoms with Gasteiger partial charge >= 0.3 is 0 Å². The van der Waals surface area contributed by atoms with Crippen molar-refractivity contribution in [3.8, 4) is 5.75 Å². The monoisotopic (exact) mass is 293 g/mol. The number of aromatic nitrogens is 2. The molecule has 98 valence electrons. The van der Waals surface area contributed by atoms with Crippen LogP contribution in [0.3, 0.4) is 0 Å². The van der Waals surface area contributed by atoms with Crippen LogP contribution in [0.5, 0.6) is 5.75 Å². The number of hydrogen-bond acceptors (Lipinski definition) is 4. The molecule has 0 aliphatic rings. The summed E-state index contributed by atoms with van der Waals surface area (Å²) < 4.78 is 13.1. The third-order valence-electron chi connectivity index (χ3n) is 2.32. The molecule has 2 aromatic heterocycles. The van der Waals surface area contributed by atoms with E-state index in [1.165, 1.54) is 0 Å². The van der Waals surface area contributed by atoms with Crippen molar-refractivity contribution in [3.63, 3.8) is 0 Å². The van der Waals surface area contributed by atoms with E-state index in [1.54, 1.807) is 55.3 Å². The van der Waals surface area contributed by atoms with Crippen molar-refractivity contribution < 1.29 is 4.74 Å². The van der Waals surface area contributed by atoms with E-state index in [4.69, 9.17) is 21.1 Å². The number of nitrogens with one attached hydrogen (secondary N) is 1. The van der Waals surface area contributed by atoms with Gasteiger partial charge in [-0.05, 0) is 46.4 Å². The predicted molar refractivity (Wildman–Crippen MR) is 77.4 cm³/mol. The lowest BCUT2D eigenvalue weighted by molar-refractivity contribution is 0.412. The maximum absolute atomic E-state index is 8.03. The van der Waals surface area contributed by atoms with E-state index in [0.717, 1.165) is 0 Å². The summed E-state index contributed by atoms with van der Waals surface area (Å²) in [5.41, 5.74) is 0.655. The lowest BCUT2D eigenvalue weighted by Gasteiger charge is -2.02. The van der Waals surface area contributed by atoms with Crippen LogP contribution < -0.4 is 4.74 Å². The summed E-state index contributed by atoms with van der Waals surface area (Å²) in [7, 11) is 0.735. The van der Waals surface area contributed by atoms with Crippen molar-refractivity contribution in [1.82, 2.24) is 9.97 Å². The van der Waals surface area contributed by atoms with E-state index in [0.29, 0.717) is 21.5 Å². The third-order valence-corrected chi connectivity index (χ3v) is 3.74. The topological polar surface area (TPSA) is 58.9 Å². The summed E-state index contributed by atoms with van der Waals surface area (Å²) in [6.07, 6.45) is 5.01. The summed E-state index contributed by atoms with van der Waals surface area (Å²) >= 11 is 5.99. The van der Waals surface area contributed by atoms with Crippen LogP contribution >= 0.6 is 11.6 Å². The van der Waals surface area contributed by atoms with Gasteiger partial charge in [-0.25, -0.2) is 4.98 Å². The Hall–Kier alpha value is -1.72. The third kappa shape index (κ3) is 3.62. The van der Waals surface area contributed by atoms with E-state index in [1.807, 2.05) is 0 Å². The van der Waals surface area contributed by atoms with Crippen molar-refractivity contribution in [3.05, 3.63) is 52.8 Å². The SMILES string of the molecule is COc1ccc(S(=N)/C=C/c2ncccc2Cl)nc1. The lowest BCUT2D eigenvalue weighted by Crippen LogP contribution is -1.91. The van der Waals surface area contributed by atoms with Gasteiger partial charge in [0.25, 0.3) is 0 Å². The first kappa shape index (κ1) is 13.7. The maximum atomic E-state index is 8.03. The van der Waals surface area contributed by atoms with Crippen molar-refractivity contribution in [1.29, 1.82) is 4.78 Å². The summed E-state index contributed by atoms with van der Waals surface area (Å²) in [6.45, 7) is 0. The smallest absolute Gasteiger partial charge is 0.137 e. The summed E-state index contributed by atoms with van der Waals surface area (Å²) in [6, 6.07) is 7.10. The highest BCUT2D eigenvalue weighted by atomic mass is 35.5. The second kappa shape index (κ2) is 6.45. The Morgan fingerprint density at radius 1 is 1.32 bits per heavy atom. The molecule has 0 bridgehead atoms. The van der Waals surface area contributed by atoms with Gasteiger partial charge < -0.3 is 4.74 Å². The molecule has 19 heavy (non-hydrogen) atoms. The second-order valence-electron chi connectivity index (χ2n) is 3.55. The van der Waals surface area contributed by atoms with Gasteiger partial charge in [0, 0.05) is 6.20 Å². The Balaban J connectivity index is 2.14. The Morgan fingerprint density at radius 3 is 2.79 bits per heavy atom. The first-order chi connectivity index (χ1) is 9.20. The van der Waals surface area contributed by atoms with Gasteiger partial charge in [0.05, 0.1) is 24.0 Å². The van der Waals surface area contributed by atoms with Gasteiger partial charge in [-0.3, -0.25) is 9.76 Å². The number of pyridine rings is 2. The molecule has 2 heterocycles. The Kier molecular flexibility index (Phi) is 4.65. The van der Waals surface area contributed by atoms with Crippen molar-refractivity contribution in [2.24, 2.45) is 0 Å². The van der Waals surface area contributed by atoms with E-state index in [2.05, 4.69) is 9.97 Å². The number of methoxy groups -OCH3 is 1. The molecule has 0 spiro atoms. The molecule has 0 amide bonds. The van der Waals surface area contributed by atoms with E-state index >= 15 is 0 Å². The summed E-state index contributed by atoms with van der Waals surface area (Å²) in [5.74, 6) is 0.678. The average Bonchev–Trinajstić information content (AvgIpc) is 2.46. The largest absolute Gasteiger partial charge is 0.495 e. The molecule has 2 aromatic rings. The molecule has 0 fully saturated rings. The molecule has 0 radical (unpaired) electrons. The number of ether oxygens (including phenoxy) is 1. The molecule has 0 saturated carbocycles. The van der Waals surface area contributed by atoms with E-state index in [-0.39, 0.29) is 0 Å². The minimum atomic E-state index is -0.848. The number of hydrogen-bond donors (Lipinski definition) is 1. The Labute approximate surface area is 119 Å². The highest BCUT2D eigenvalue weighted by Crippen LogP contribution is 2.16. The lowest BCUT2D eigenvalue weighted by atomic mass is 10.3. The molecular formula is C13H12ClN3OS. The standard InChI is InChI=1S/C13H12ClN3OS/c1-18-10-4-5-13(17-9-10)19(15)8-6-12-11(14)3-2-7-16-12/h2-9,15H,1H3/b8-6+. The fourth-order valence-corrected chi connectivity index (χ4v) is 2.31. The van der Waals surface area contributed by atoms with Crippen LogP contribution in [-0.2, 0) is 10.7 Å². The van der Waals surface area contributed by atoms with Crippen LogP contribution in [0.4, 0.5) is 0 Å². The van der Waals surface area contributed by atoms with Gasteiger partial charge in [0.1, 0.15) is 10.8 Å². The molecule has 1 N–H and O–H groups in total. The number of rotatable bonds is 4. The van der Waals surface area contributed by atoms with E-state index in [9.17, 15) is 0 Å². The Bertz CT molecular complexity index is 614. The molecule has 1 atom stereocenters. The molecular weight excluding hydrogens is 282 g/mol. The molecule has 4 nitrogen and oxygen atoms in total. The molecule has 1 unspecified atom stereocenters. The van der Waals surface area contributed by atoms with Crippen molar-refractivity contribution in [2.45, 2.75) is 5.03 Å². The summed E-state index contributed by atoms with van der Waals surface area (Å²) in [4.78, 5) is 8.31. The van der Waals surface area contributed by atoms with Crippen LogP contribution in [0, 0.1) is 4.78 Å². The highest BCUT2D eigenvalue weighted by molar-refractivity contribution is 7.89. The van der Waals surface area contributed by atoms with Gasteiger partial charge in [-0.2, -0.15) is 0 Å². The second-order valence-corrected chi connectivity index (χ2v) is 5.32. The first-order valence-electron chi connectivity index (χ1n) is 5.44. The zero-order chi connectivity index (χ0) is 13.7. The molecule has 0 aliphatic heterocycles. The van der Waals surface area contributed by atoms with Crippen LogP contribution in [0.1, 0.15) is 5.69 Å². The first-order valence-corrected chi connectivity index (χ1v) is 7.10. The normalized spacial score (nSPS) is 12.5. The zero-order valence-electron chi connectivity index (χ0n) is 10.2. The molecule has 0 aliphatic carbocycles. The van der Waals surface area contributed by atoms with Gasteiger partial charge in [0.15, 0.2) is 0 Å². The maximum Gasteiger partial charge on any atom is 0.137 e. The Morgan fingerprint density at radius 2 is 2.16 bits per heavy atom. The van der Waals surface area contributed by atoms with Gasteiger partial charge in [-0.1, -0.05) is 11.6 Å². The molecule has 0 saturated heterocycles. The fraction of sp³-hybridized carbons (Fsp3) is 0.0769. The predicted octanol–water partition coefficient (Wildman–Crippen LogP) is 3.55. The summed E-state index contributed by atoms with van der Waals surface area (Å²) in [5, 5.41) is 2.96. The van der Waals surface area contributed by atoms with E-state index < -0.39 is 10.7 Å². The minimum Gasteiger partial charge on any atom is -0.495 e. The number of nitrogens with zero attached hydrogens (tertiary/aromatic N) is 2. The van der Waals surface area contributed by atoms with Crippen LogP contribution in [0.2, 0.25) is 5.02 Å². The minimum absolute atomic E-state index is 0.568. The van der Waals surface area contributed by atoms with Crippen LogP contribution in [-0.4, -0.2) is 17.1 Å². The highest BCUT2D eigenvalue weighted by Gasteiger charge is 2.00. The zero-order valence-corrected chi connectivity index (χ0v) is 11.8.